The molecule has 7 nitrogen and oxygen atoms in total. The molecule has 118 valence electrons. The summed E-state index contributed by atoms with van der Waals surface area (Å²) in [4.78, 5) is 35.2. The molecule has 1 aromatic rings. The molecule has 0 aromatic heterocycles. The van der Waals surface area contributed by atoms with E-state index in [0.717, 1.165) is 5.57 Å². The second kappa shape index (κ2) is 7.92. The van der Waals surface area contributed by atoms with Gasteiger partial charge in [0.2, 0.25) is 0 Å². The van der Waals surface area contributed by atoms with E-state index in [-0.39, 0.29) is 23.8 Å². The fourth-order valence-electron chi connectivity index (χ4n) is 1.72. The number of likely N-dealkylation sites (N-methyl/N-ethyl adjacent to an activating group) is 1. The normalized spacial score (nSPS) is 9.91. The molecule has 0 N–H and O–H groups in total. The number of carbonyl (C=O) groups excluding carboxylic acids is 2. The zero-order valence-corrected chi connectivity index (χ0v) is 12.6. The van der Waals surface area contributed by atoms with Crippen LogP contribution < -0.4 is 0 Å². The molecular weight excluding hydrogens is 288 g/mol. The van der Waals surface area contributed by atoms with Gasteiger partial charge < -0.3 is 9.64 Å². The summed E-state index contributed by atoms with van der Waals surface area (Å²) in [6, 6.07) is 4.99. The number of hydrogen-bond donors (Lipinski definition) is 0. The van der Waals surface area contributed by atoms with Gasteiger partial charge in [-0.15, -0.1) is 0 Å². The Bertz CT molecular complexity index is 580. The summed E-state index contributed by atoms with van der Waals surface area (Å²) in [6.45, 7) is 7.87. The van der Waals surface area contributed by atoms with Gasteiger partial charge in [0, 0.05) is 25.2 Å². The van der Waals surface area contributed by atoms with Crippen molar-refractivity contribution in [1.29, 1.82) is 0 Å². The highest BCUT2D eigenvalue weighted by Crippen LogP contribution is 2.12. The van der Waals surface area contributed by atoms with Crippen LogP contribution >= 0.6 is 0 Å². The van der Waals surface area contributed by atoms with Crippen LogP contribution in [-0.4, -0.2) is 41.4 Å². The minimum Gasteiger partial charge on any atom is -0.452 e. The lowest BCUT2D eigenvalue weighted by atomic mass is 10.2. The number of nitrogens with zero attached hydrogens (tertiary/aromatic N) is 2. The summed E-state index contributed by atoms with van der Waals surface area (Å²) >= 11 is 0. The first-order valence-corrected chi connectivity index (χ1v) is 6.68. The van der Waals surface area contributed by atoms with Gasteiger partial charge >= 0.3 is 5.97 Å². The van der Waals surface area contributed by atoms with Gasteiger partial charge in [0.25, 0.3) is 11.6 Å². The van der Waals surface area contributed by atoms with Gasteiger partial charge in [-0.1, -0.05) is 12.2 Å². The van der Waals surface area contributed by atoms with Crippen molar-refractivity contribution in [3.63, 3.8) is 0 Å². The minimum absolute atomic E-state index is 0.119. The fourth-order valence-corrected chi connectivity index (χ4v) is 1.72. The molecule has 0 saturated carbocycles. The molecule has 7 heteroatoms. The van der Waals surface area contributed by atoms with Crippen molar-refractivity contribution in [2.45, 2.75) is 13.8 Å². The van der Waals surface area contributed by atoms with Crippen molar-refractivity contribution in [2.75, 3.05) is 19.7 Å². The minimum atomic E-state index is -0.699. The quantitative estimate of drug-likeness (QED) is 0.333. The van der Waals surface area contributed by atoms with Crippen LogP contribution in [0.3, 0.4) is 0 Å². The van der Waals surface area contributed by atoms with Crippen molar-refractivity contribution in [3.8, 4) is 0 Å². The summed E-state index contributed by atoms with van der Waals surface area (Å²) in [6.07, 6.45) is 0. The summed E-state index contributed by atoms with van der Waals surface area (Å²) in [5.41, 5.74) is 0.865. The van der Waals surface area contributed by atoms with Gasteiger partial charge in [0.15, 0.2) is 6.61 Å². The number of amides is 1. The average molecular weight is 306 g/mol. The number of ether oxygens (including phenoxy) is 1. The van der Waals surface area contributed by atoms with Gasteiger partial charge in [-0.05, 0) is 26.0 Å². The van der Waals surface area contributed by atoms with Crippen LogP contribution in [0.5, 0.6) is 0 Å². The van der Waals surface area contributed by atoms with Crippen LogP contribution in [0.4, 0.5) is 5.69 Å². The Morgan fingerprint density at radius 3 is 2.36 bits per heavy atom. The molecule has 0 atom stereocenters. The van der Waals surface area contributed by atoms with Gasteiger partial charge in [-0.25, -0.2) is 4.79 Å². The van der Waals surface area contributed by atoms with E-state index in [4.69, 9.17) is 4.74 Å². The summed E-state index contributed by atoms with van der Waals surface area (Å²) in [5.74, 6) is -1.02. The first kappa shape index (κ1) is 17.4. The van der Waals surface area contributed by atoms with Gasteiger partial charge in [0.05, 0.1) is 10.5 Å². The van der Waals surface area contributed by atoms with E-state index in [9.17, 15) is 19.7 Å². The second-order valence-electron chi connectivity index (χ2n) is 4.75. The van der Waals surface area contributed by atoms with Crippen molar-refractivity contribution >= 4 is 17.6 Å². The number of esters is 1. The van der Waals surface area contributed by atoms with Gasteiger partial charge in [0.1, 0.15) is 0 Å². The molecule has 1 amide bonds. The Morgan fingerprint density at radius 1 is 1.32 bits per heavy atom. The molecule has 1 rings (SSSR count). The zero-order valence-electron chi connectivity index (χ0n) is 12.6. The molecular formula is C15H18N2O5. The third kappa shape index (κ3) is 5.01. The van der Waals surface area contributed by atoms with Gasteiger partial charge in [-0.2, -0.15) is 0 Å². The third-order valence-electron chi connectivity index (χ3n) is 2.84. The highest BCUT2D eigenvalue weighted by molar-refractivity contribution is 5.91. The smallest absolute Gasteiger partial charge is 0.338 e. The third-order valence-corrected chi connectivity index (χ3v) is 2.84. The van der Waals surface area contributed by atoms with Crippen LogP contribution in [-0.2, 0) is 9.53 Å². The van der Waals surface area contributed by atoms with E-state index >= 15 is 0 Å². The Morgan fingerprint density at radius 2 is 1.91 bits per heavy atom. The first-order chi connectivity index (χ1) is 10.3. The molecule has 0 unspecified atom stereocenters. The molecule has 0 fully saturated rings. The Hall–Kier alpha value is -2.70. The Labute approximate surface area is 128 Å². The van der Waals surface area contributed by atoms with Crippen molar-refractivity contribution in [2.24, 2.45) is 0 Å². The molecule has 0 aliphatic carbocycles. The first-order valence-electron chi connectivity index (χ1n) is 6.68. The van der Waals surface area contributed by atoms with Crippen molar-refractivity contribution < 1.29 is 19.2 Å². The van der Waals surface area contributed by atoms with E-state index in [2.05, 4.69) is 6.58 Å². The lowest BCUT2D eigenvalue weighted by molar-refractivity contribution is -0.384. The predicted octanol–water partition coefficient (Wildman–Crippen LogP) is 2.18. The molecule has 0 saturated heterocycles. The molecule has 0 heterocycles. The maximum Gasteiger partial charge on any atom is 0.338 e. The maximum atomic E-state index is 11.9. The molecule has 0 aliphatic heterocycles. The van der Waals surface area contributed by atoms with Gasteiger partial charge in [-0.3, -0.25) is 14.9 Å². The van der Waals surface area contributed by atoms with Crippen LogP contribution in [0.2, 0.25) is 0 Å². The number of carbonyl (C=O) groups is 2. The van der Waals surface area contributed by atoms with E-state index in [1.807, 2.05) is 6.92 Å². The average Bonchev–Trinajstić information content (AvgIpc) is 2.49. The molecule has 0 aliphatic rings. The number of hydrogen-bond acceptors (Lipinski definition) is 5. The zero-order chi connectivity index (χ0) is 16.7. The molecule has 1 aromatic carbocycles. The highest BCUT2D eigenvalue weighted by Gasteiger charge is 2.16. The summed E-state index contributed by atoms with van der Waals surface area (Å²) < 4.78 is 4.92. The molecule has 22 heavy (non-hydrogen) atoms. The van der Waals surface area contributed by atoms with E-state index < -0.39 is 10.9 Å². The highest BCUT2D eigenvalue weighted by atomic mass is 16.6. The second-order valence-corrected chi connectivity index (χ2v) is 4.75. The predicted molar refractivity (Wildman–Crippen MR) is 80.4 cm³/mol. The van der Waals surface area contributed by atoms with Crippen LogP contribution in [0.25, 0.3) is 0 Å². The molecule has 0 bridgehead atoms. The number of nitro benzene ring substituents is 1. The molecule has 0 spiro atoms. The fraction of sp³-hybridized carbons (Fsp3) is 0.333. The van der Waals surface area contributed by atoms with Crippen LogP contribution in [0.1, 0.15) is 24.2 Å². The Balaban J connectivity index is 2.59. The number of benzene rings is 1. The lowest BCUT2D eigenvalue weighted by Crippen LogP contribution is -2.35. The summed E-state index contributed by atoms with van der Waals surface area (Å²) in [7, 11) is 0. The molecule has 0 radical (unpaired) electrons. The largest absolute Gasteiger partial charge is 0.452 e. The number of nitro groups is 1. The van der Waals surface area contributed by atoms with Crippen molar-refractivity contribution in [1.82, 2.24) is 4.90 Å². The Kier molecular flexibility index (Phi) is 6.25. The SMILES string of the molecule is C=C(C)CN(CC)C(=O)COC(=O)c1ccc([N+](=O)[O-])cc1. The maximum absolute atomic E-state index is 11.9. The standard InChI is InChI=1S/C15H18N2O5/c1-4-16(9-11(2)3)14(18)10-22-15(19)12-5-7-13(8-6-12)17(20)21/h5-8H,2,4,9-10H2,1,3H3. The van der Waals surface area contributed by atoms with E-state index in [1.165, 1.54) is 29.2 Å². The van der Waals surface area contributed by atoms with Crippen LogP contribution in [0, 0.1) is 10.1 Å². The van der Waals surface area contributed by atoms with Crippen LogP contribution in [0.15, 0.2) is 36.4 Å². The van der Waals surface area contributed by atoms with Crippen molar-refractivity contribution in [3.05, 3.63) is 52.1 Å². The topological polar surface area (TPSA) is 89.8 Å². The van der Waals surface area contributed by atoms with E-state index in [1.54, 1.807) is 6.92 Å². The lowest BCUT2D eigenvalue weighted by Gasteiger charge is -2.20. The summed E-state index contributed by atoms with van der Waals surface area (Å²) in [5, 5.41) is 10.5. The van der Waals surface area contributed by atoms with E-state index in [0.29, 0.717) is 13.1 Å². The monoisotopic (exact) mass is 306 g/mol. The number of non-ortho nitro benzene ring substituents is 1. The number of rotatable bonds is 7.